The van der Waals surface area contributed by atoms with Crippen LogP contribution in [0.25, 0.3) is 0 Å². The number of piperidine rings is 1. The summed E-state index contributed by atoms with van der Waals surface area (Å²) in [4.78, 5) is 19.9. The fraction of sp³-hybridized carbons (Fsp3) is 0.529. The molecule has 1 saturated heterocycles. The Morgan fingerprint density at radius 2 is 1.92 bits per heavy atom. The van der Waals surface area contributed by atoms with Crippen molar-refractivity contribution in [3.05, 3.63) is 36.2 Å². The number of likely N-dealkylation sites (N-methyl/N-ethyl adjacent to an activating group) is 1. The Hall–Kier alpha value is -2.45. The third-order valence-electron chi connectivity index (χ3n) is 4.64. The Bertz CT molecular complexity index is 751. The van der Waals surface area contributed by atoms with Crippen molar-refractivity contribution in [2.75, 3.05) is 29.9 Å². The number of nitrogens with zero attached hydrogens (tertiary/aromatic N) is 6. The van der Waals surface area contributed by atoms with E-state index in [0.717, 1.165) is 49.7 Å². The minimum atomic E-state index is -4.48. The van der Waals surface area contributed by atoms with Crippen LogP contribution in [0.15, 0.2) is 24.8 Å². The molecule has 140 valence electrons. The minimum absolute atomic E-state index is 0.0415. The molecule has 0 amide bonds. The molecule has 0 radical (unpaired) electrons. The molecule has 1 atom stereocenters. The third kappa shape index (κ3) is 4.03. The van der Waals surface area contributed by atoms with Crippen molar-refractivity contribution < 1.29 is 13.2 Å². The van der Waals surface area contributed by atoms with Crippen molar-refractivity contribution in [2.24, 2.45) is 0 Å². The van der Waals surface area contributed by atoms with Crippen LogP contribution in [0, 0.1) is 0 Å². The summed E-state index contributed by atoms with van der Waals surface area (Å²) in [5, 5.41) is 0. The Labute approximate surface area is 150 Å². The van der Waals surface area contributed by atoms with Crippen molar-refractivity contribution >= 4 is 11.6 Å². The number of aromatic nitrogens is 4. The molecule has 0 saturated carbocycles. The first-order chi connectivity index (χ1) is 12.4. The van der Waals surface area contributed by atoms with Gasteiger partial charge in [0.1, 0.15) is 30.0 Å². The fourth-order valence-corrected chi connectivity index (χ4v) is 3.11. The van der Waals surface area contributed by atoms with Gasteiger partial charge in [-0.05, 0) is 19.3 Å². The standard InChI is InChI=1S/C17H21F3N6/c1-3-12-7-16(24-10-21-12)26-6-4-5-13(9-26)25(2)15-8-14(17(18,19)20)22-11-23-15/h7-8,10-11,13H,3-6,9H2,1-2H3. The van der Waals surface area contributed by atoms with Gasteiger partial charge in [-0.2, -0.15) is 13.2 Å². The third-order valence-corrected chi connectivity index (χ3v) is 4.64. The second-order valence-electron chi connectivity index (χ2n) is 6.33. The lowest BCUT2D eigenvalue weighted by Crippen LogP contribution is -2.47. The van der Waals surface area contributed by atoms with E-state index in [1.165, 1.54) is 0 Å². The molecule has 1 fully saturated rings. The van der Waals surface area contributed by atoms with Crippen LogP contribution in [0.3, 0.4) is 0 Å². The van der Waals surface area contributed by atoms with E-state index in [0.29, 0.717) is 6.54 Å². The van der Waals surface area contributed by atoms with E-state index in [2.05, 4.69) is 24.8 Å². The Kier molecular flexibility index (Phi) is 5.24. The summed E-state index contributed by atoms with van der Waals surface area (Å²) in [5.74, 6) is 1.13. The quantitative estimate of drug-likeness (QED) is 0.829. The first-order valence-corrected chi connectivity index (χ1v) is 8.56. The summed E-state index contributed by atoms with van der Waals surface area (Å²) in [5.41, 5.74) is 0.0431. The summed E-state index contributed by atoms with van der Waals surface area (Å²) >= 11 is 0. The maximum atomic E-state index is 12.9. The number of hydrogen-bond donors (Lipinski definition) is 0. The SMILES string of the molecule is CCc1cc(N2CCCC(N(C)c3cc(C(F)(F)F)ncn3)C2)ncn1. The van der Waals surface area contributed by atoms with E-state index in [1.807, 2.05) is 13.0 Å². The number of alkyl halides is 3. The smallest absolute Gasteiger partial charge is 0.355 e. The van der Waals surface area contributed by atoms with Crippen LogP contribution in [0.5, 0.6) is 0 Å². The molecule has 2 aromatic rings. The average molecular weight is 366 g/mol. The number of aryl methyl sites for hydroxylation is 1. The van der Waals surface area contributed by atoms with Crippen molar-refractivity contribution in [2.45, 2.75) is 38.4 Å². The topological polar surface area (TPSA) is 58.0 Å². The fourth-order valence-electron chi connectivity index (χ4n) is 3.11. The summed E-state index contributed by atoms with van der Waals surface area (Å²) in [6.45, 7) is 3.57. The molecule has 3 rings (SSSR count). The van der Waals surface area contributed by atoms with Gasteiger partial charge >= 0.3 is 6.18 Å². The monoisotopic (exact) mass is 366 g/mol. The van der Waals surface area contributed by atoms with Crippen molar-refractivity contribution in [1.29, 1.82) is 0 Å². The van der Waals surface area contributed by atoms with Gasteiger partial charge in [0.25, 0.3) is 0 Å². The normalized spacial score (nSPS) is 18.0. The zero-order chi connectivity index (χ0) is 18.7. The zero-order valence-corrected chi connectivity index (χ0v) is 14.7. The highest BCUT2D eigenvalue weighted by Gasteiger charge is 2.34. The van der Waals surface area contributed by atoms with E-state index in [4.69, 9.17) is 0 Å². The minimum Gasteiger partial charge on any atom is -0.355 e. The number of hydrogen-bond acceptors (Lipinski definition) is 6. The largest absolute Gasteiger partial charge is 0.433 e. The maximum absolute atomic E-state index is 12.9. The second-order valence-corrected chi connectivity index (χ2v) is 6.33. The molecule has 1 aliphatic heterocycles. The Morgan fingerprint density at radius 3 is 2.65 bits per heavy atom. The molecule has 2 aromatic heterocycles. The number of anilines is 2. The van der Waals surface area contributed by atoms with Gasteiger partial charge in [-0.1, -0.05) is 6.92 Å². The number of rotatable bonds is 4. The van der Waals surface area contributed by atoms with Gasteiger partial charge in [0.05, 0.1) is 0 Å². The van der Waals surface area contributed by atoms with E-state index in [9.17, 15) is 13.2 Å². The average Bonchev–Trinajstić information content (AvgIpc) is 2.67. The molecule has 0 aliphatic carbocycles. The lowest BCUT2D eigenvalue weighted by atomic mass is 10.0. The van der Waals surface area contributed by atoms with Crippen LogP contribution in [0.2, 0.25) is 0 Å². The lowest BCUT2D eigenvalue weighted by molar-refractivity contribution is -0.141. The summed E-state index contributed by atoms with van der Waals surface area (Å²) in [6, 6.07) is 3.01. The summed E-state index contributed by atoms with van der Waals surface area (Å²) < 4.78 is 38.7. The van der Waals surface area contributed by atoms with Gasteiger partial charge in [0.2, 0.25) is 0 Å². The predicted octanol–water partition coefficient (Wildman–Crippen LogP) is 2.95. The molecule has 0 spiro atoms. The van der Waals surface area contributed by atoms with Gasteiger partial charge in [-0.25, -0.2) is 19.9 Å². The molecule has 0 N–H and O–H groups in total. The molecule has 1 unspecified atom stereocenters. The van der Waals surface area contributed by atoms with Crippen LogP contribution in [-0.2, 0) is 12.6 Å². The van der Waals surface area contributed by atoms with Crippen molar-refractivity contribution in [3.8, 4) is 0 Å². The van der Waals surface area contributed by atoms with E-state index < -0.39 is 11.9 Å². The molecule has 6 nitrogen and oxygen atoms in total. The predicted molar refractivity (Wildman–Crippen MR) is 92.1 cm³/mol. The van der Waals surface area contributed by atoms with Gasteiger partial charge < -0.3 is 9.80 Å². The molecular weight excluding hydrogens is 345 g/mol. The molecule has 0 bridgehead atoms. The maximum Gasteiger partial charge on any atom is 0.433 e. The van der Waals surface area contributed by atoms with Crippen LogP contribution < -0.4 is 9.80 Å². The molecule has 9 heteroatoms. The molecule has 3 heterocycles. The van der Waals surface area contributed by atoms with Crippen LogP contribution in [0.1, 0.15) is 31.2 Å². The zero-order valence-electron chi connectivity index (χ0n) is 14.7. The molecular formula is C17H21F3N6. The van der Waals surface area contributed by atoms with E-state index in [-0.39, 0.29) is 11.9 Å². The van der Waals surface area contributed by atoms with Crippen LogP contribution in [-0.4, -0.2) is 46.1 Å². The number of halogens is 3. The molecule has 0 aromatic carbocycles. The van der Waals surface area contributed by atoms with Gasteiger partial charge in [-0.15, -0.1) is 0 Å². The molecule has 26 heavy (non-hydrogen) atoms. The lowest BCUT2D eigenvalue weighted by Gasteiger charge is -2.38. The van der Waals surface area contributed by atoms with E-state index in [1.54, 1.807) is 18.3 Å². The highest BCUT2D eigenvalue weighted by molar-refractivity contribution is 5.44. The molecule has 1 aliphatic rings. The van der Waals surface area contributed by atoms with Crippen LogP contribution in [0.4, 0.5) is 24.8 Å². The van der Waals surface area contributed by atoms with Crippen LogP contribution >= 0.6 is 0 Å². The van der Waals surface area contributed by atoms with Gasteiger partial charge in [0, 0.05) is 44.0 Å². The summed E-state index contributed by atoms with van der Waals surface area (Å²) in [7, 11) is 1.77. The van der Waals surface area contributed by atoms with Gasteiger partial charge in [0.15, 0.2) is 0 Å². The van der Waals surface area contributed by atoms with Gasteiger partial charge in [-0.3, -0.25) is 0 Å². The highest BCUT2D eigenvalue weighted by atomic mass is 19.4. The second kappa shape index (κ2) is 7.43. The van der Waals surface area contributed by atoms with Crippen molar-refractivity contribution in [3.63, 3.8) is 0 Å². The Balaban J connectivity index is 1.77. The van der Waals surface area contributed by atoms with E-state index >= 15 is 0 Å². The summed E-state index contributed by atoms with van der Waals surface area (Å²) in [6.07, 6.45) is 0.680. The first-order valence-electron chi connectivity index (χ1n) is 8.56. The van der Waals surface area contributed by atoms with Crippen molar-refractivity contribution in [1.82, 2.24) is 19.9 Å². The highest BCUT2D eigenvalue weighted by Crippen LogP contribution is 2.30. The first kappa shape index (κ1) is 18.3. The Morgan fingerprint density at radius 1 is 1.15 bits per heavy atom.